The highest BCUT2D eigenvalue weighted by molar-refractivity contribution is 6.29. The van der Waals surface area contributed by atoms with Gasteiger partial charge in [-0.25, -0.2) is 9.37 Å². The van der Waals surface area contributed by atoms with E-state index in [1.54, 1.807) is 6.07 Å². The highest BCUT2D eigenvalue weighted by Gasteiger charge is 2.20. The van der Waals surface area contributed by atoms with Crippen molar-refractivity contribution in [2.45, 2.75) is 26.2 Å². The largest absolute Gasteiger partial charge is 0.437 e. The van der Waals surface area contributed by atoms with Gasteiger partial charge in [-0.05, 0) is 12.1 Å². The van der Waals surface area contributed by atoms with E-state index in [0.29, 0.717) is 5.82 Å². The van der Waals surface area contributed by atoms with Gasteiger partial charge in [-0.2, -0.15) is 10.2 Å². The molecule has 1 aromatic heterocycles. The van der Waals surface area contributed by atoms with E-state index in [1.165, 1.54) is 24.3 Å². The lowest BCUT2D eigenvalue weighted by Gasteiger charge is -2.17. The summed E-state index contributed by atoms with van der Waals surface area (Å²) < 4.78 is 19.0. The van der Waals surface area contributed by atoms with Gasteiger partial charge in [-0.3, -0.25) is 0 Å². The Morgan fingerprint density at radius 1 is 1.29 bits per heavy atom. The molecule has 4 nitrogen and oxygen atoms in total. The van der Waals surface area contributed by atoms with E-state index in [0.717, 1.165) is 0 Å². The van der Waals surface area contributed by atoms with Crippen molar-refractivity contribution >= 4 is 11.6 Å². The van der Waals surface area contributed by atoms with Crippen molar-refractivity contribution < 1.29 is 9.13 Å². The highest BCUT2D eigenvalue weighted by atomic mass is 35.5. The lowest BCUT2D eigenvalue weighted by Crippen LogP contribution is -2.16. The lowest BCUT2D eigenvalue weighted by molar-refractivity contribution is 0.440. The van der Waals surface area contributed by atoms with Crippen LogP contribution in [0.3, 0.4) is 0 Å². The van der Waals surface area contributed by atoms with Gasteiger partial charge in [0.25, 0.3) is 0 Å². The molecule has 0 atom stereocenters. The fourth-order valence-corrected chi connectivity index (χ4v) is 1.77. The van der Waals surface area contributed by atoms with Gasteiger partial charge >= 0.3 is 0 Å². The molecule has 108 valence electrons. The summed E-state index contributed by atoms with van der Waals surface area (Å²) in [7, 11) is 0. The molecule has 0 radical (unpaired) electrons. The molecule has 1 aromatic carbocycles. The van der Waals surface area contributed by atoms with Crippen LogP contribution in [0.4, 0.5) is 4.39 Å². The Labute approximate surface area is 127 Å². The van der Waals surface area contributed by atoms with E-state index < -0.39 is 5.82 Å². The SMILES string of the molecule is CC(C)(C)c1nc(Cl)cc(Oc2cccc(F)c2C#N)n1. The summed E-state index contributed by atoms with van der Waals surface area (Å²) in [5.74, 6) is 0.111. The molecule has 2 aromatic rings. The summed E-state index contributed by atoms with van der Waals surface area (Å²) in [6.07, 6.45) is 0. The van der Waals surface area contributed by atoms with Crippen LogP contribution >= 0.6 is 11.6 Å². The molecule has 0 aliphatic rings. The van der Waals surface area contributed by atoms with Crippen LogP contribution in [0, 0.1) is 17.1 Å². The van der Waals surface area contributed by atoms with Crippen molar-refractivity contribution in [3.05, 3.63) is 46.6 Å². The van der Waals surface area contributed by atoms with Crippen LogP contribution in [-0.2, 0) is 5.41 Å². The van der Waals surface area contributed by atoms with Crippen LogP contribution in [0.5, 0.6) is 11.6 Å². The van der Waals surface area contributed by atoms with Gasteiger partial charge in [0.2, 0.25) is 5.88 Å². The van der Waals surface area contributed by atoms with E-state index in [9.17, 15) is 4.39 Å². The number of halogens is 2. The molecule has 6 heteroatoms. The molecular formula is C15H13ClFN3O. The first-order chi connectivity index (χ1) is 9.81. The molecular weight excluding hydrogens is 293 g/mol. The smallest absolute Gasteiger partial charge is 0.224 e. The fraction of sp³-hybridized carbons (Fsp3) is 0.267. The molecule has 0 aliphatic carbocycles. The van der Waals surface area contributed by atoms with E-state index >= 15 is 0 Å². The molecule has 0 amide bonds. The molecule has 0 N–H and O–H groups in total. The predicted octanol–water partition coefficient (Wildman–Crippen LogP) is 4.23. The number of nitriles is 1. The zero-order chi connectivity index (χ0) is 15.6. The van der Waals surface area contributed by atoms with Gasteiger partial charge in [0.05, 0.1) is 0 Å². The Morgan fingerprint density at radius 3 is 2.62 bits per heavy atom. The van der Waals surface area contributed by atoms with Crippen molar-refractivity contribution in [3.63, 3.8) is 0 Å². The van der Waals surface area contributed by atoms with Crippen LogP contribution in [-0.4, -0.2) is 9.97 Å². The van der Waals surface area contributed by atoms with Crippen molar-refractivity contribution in [1.29, 1.82) is 5.26 Å². The molecule has 0 fully saturated rings. The summed E-state index contributed by atoms with van der Waals surface area (Å²) in [6.45, 7) is 5.81. The average Bonchev–Trinajstić information content (AvgIpc) is 2.37. The second-order valence-electron chi connectivity index (χ2n) is 5.43. The summed E-state index contributed by atoms with van der Waals surface area (Å²) in [5.41, 5.74) is -0.493. The third-order valence-corrected chi connectivity index (χ3v) is 2.84. The quantitative estimate of drug-likeness (QED) is 0.779. The highest BCUT2D eigenvalue weighted by Crippen LogP contribution is 2.28. The third kappa shape index (κ3) is 3.47. The van der Waals surface area contributed by atoms with Crippen molar-refractivity contribution in [1.82, 2.24) is 9.97 Å². The number of ether oxygens (including phenoxy) is 1. The van der Waals surface area contributed by atoms with E-state index in [2.05, 4.69) is 9.97 Å². The topological polar surface area (TPSA) is 58.8 Å². The molecule has 0 saturated carbocycles. The lowest BCUT2D eigenvalue weighted by atomic mass is 9.96. The minimum atomic E-state index is -0.647. The molecule has 0 unspecified atom stereocenters. The van der Waals surface area contributed by atoms with Gasteiger partial charge in [0, 0.05) is 11.5 Å². The zero-order valence-electron chi connectivity index (χ0n) is 11.8. The molecule has 0 aliphatic heterocycles. The maximum atomic E-state index is 13.5. The van der Waals surface area contributed by atoms with E-state index in [1.807, 2.05) is 20.8 Å². The van der Waals surface area contributed by atoms with Crippen LogP contribution in [0.1, 0.15) is 32.2 Å². The first-order valence-electron chi connectivity index (χ1n) is 6.23. The van der Waals surface area contributed by atoms with Crippen LogP contribution in [0.15, 0.2) is 24.3 Å². The molecule has 1 heterocycles. The second kappa shape index (κ2) is 5.66. The first kappa shape index (κ1) is 15.2. The number of hydrogen-bond donors (Lipinski definition) is 0. The van der Waals surface area contributed by atoms with Gasteiger partial charge in [-0.1, -0.05) is 38.4 Å². The van der Waals surface area contributed by atoms with E-state index in [-0.39, 0.29) is 27.8 Å². The maximum Gasteiger partial charge on any atom is 0.224 e. The monoisotopic (exact) mass is 305 g/mol. The van der Waals surface area contributed by atoms with Gasteiger partial charge in [-0.15, -0.1) is 0 Å². The number of benzene rings is 1. The third-order valence-electron chi connectivity index (χ3n) is 2.64. The Kier molecular flexibility index (Phi) is 4.10. The normalized spacial score (nSPS) is 11.0. The van der Waals surface area contributed by atoms with Crippen LogP contribution < -0.4 is 4.74 Å². The van der Waals surface area contributed by atoms with Gasteiger partial charge in [0.15, 0.2) is 0 Å². The minimum Gasteiger partial charge on any atom is -0.437 e. The zero-order valence-corrected chi connectivity index (χ0v) is 12.6. The maximum absolute atomic E-state index is 13.5. The Balaban J connectivity index is 2.44. The molecule has 0 bridgehead atoms. The summed E-state index contributed by atoms with van der Waals surface area (Å²) in [5, 5.41) is 9.21. The van der Waals surface area contributed by atoms with Crippen LogP contribution in [0.2, 0.25) is 5.15 Å². The summed E-state index contributed by atoms with van der Waals surface area (Å²) >= 11 is 5.96. The number of aromatic nitrogens is 2. The first-order valence-corrected chi connectivity index (χ1v) is 6.60. The molecule has 21 heavy (non-hydrogen) atoms. The predicted molar refractivity (Wildman–Crippen MR) is 76.9 cm³/mol. The Morgan fingerprint density at radius 2 is 2.00 bits per heavy atom. The number of nitrogens with zero attached hydrogens (tertiary/aromatic N) is 3. The Hall–Kier alpha value is -2.19. The van der Waals surface area contributed by atoms with Crippen molar-refractivity contribution in [3.8, 4) is 17.7 Å². The van der Waals surface area contributed by atoms with Gasteiger partial charge < -0.3 is 4.74 Å². The minimum absolute atomic E-state index is 0.0899. The van der Waals surface area contributed by atoms with Gasteiger partial charge in [0.1, 0.15) is 34.2 Å². The number of hydrogen-bond acceptors (Lipinski definition) is 4. The average molecular weight is 306 g/mol. The van der Waals surface area contributed by atoms with Crippen molar-refractivity contribution in [2.24, 2.45) is 0 Å². The molecule has 0 spiro atoms. The van der Waals surface area contributed by atoms with Crippen molar-refractivity contribution in [2.75, 3.05) is 0 Å². The molecule has 2 rings (SSSR count). The summed E-state index contributed by atoms with van der Waals surface area (Å²) in [6, 6.07) is 7.33. The molecule has 0 saturated heterocycles. The van der Waals surface area contributed by atoms with Crippen LogP contribution in [0.25, 0.3) is 0 Å². The fourth-order valence-electron chi connectivity index (χ4n) is 1.60. The second-order valence-corrected chi connectivity index (χ2v) is 5.82. The summed E-state index contributed by atoms with van der Waals surface area (Å²) in [4.78, 5) is 8.40. The number of rotatable bonds is 2. The Bertz CT molecular complexity index is 720. The van der Waals surface area contributed by atoms with E-state index in [4.69, 9.17) is 21.6 Å². The standard InChI is InChI=1S/C15H13ClFN3O/c1-15(2,3)14-19-12(16)7-13(20-14)21-11-6-4-5-10(17)9(11)8-18/h4-7H,1-3H3.